The minimum atomic E-state index is -1.96. The molecule has 1 amide bonds. The van der Waals surface area contributed by atoms with E-state index < -0.39 is 14.2 Å². The van der Waals surface area contributed by atoms with Crippen molar-refractivity contribution in [2.45, 2.75) is 78.2 Å². The number of nitrogens with two attached hydrogens (primary N) is 1. The Morgan fingerprint density at radius 2 is 1.90 bits per heavy atom. The van der Waals surface area contributed by atoms with E-state index >= 15 is 0 Å². The van der Waals surface area contributed by atoms with E-state index in [9.17, 15) is 4.79 Å². The first-order valence-corrected chi connectivity index (χ1v) is 13.4. The van der Waals surface area contributed by atoms with Crippen LogP contribution in [0.2, 0.25) is 18.1 Å². The fraction of sp³-hybridized carbons (Fsp3) is 0.565. The van der Waals surface area contributed by atoms with Crippen molar-refractivity contribution in [3.63, 3.8) is 0 Å². The maximum Gasteiger partial charge on any atom is 0.268 e. The molecule has 7 heteroatoms. The lowest BCUT2D eigenvalue weighted by atomic mass is 10.1. The van der Waals surface area contributed by atoms with Gasteiger partial charge in [-0.3, -0.25) is 4.79 Å². The minimum absolute atomic E-state index is 0.0220. The lowest BCUT2D eigenvalue weighted by Crippen LogP contribution is -2.45. The number of amides is 1. The van der Waals surface area contributed by atoms with Crippen LogP contribution in [0.5, 0.6) is 5.75 Å². The van der Waals surface area contributed by atoms with Crippen LogP contribution in [-0.4, -0.2) is 36.5 Å². The van der Waals surface area contributed by atoms with Crippen LogP contribution in [0.3, 0.4) is 0 Å². The number of hydrogen-bond acceptors (Lipinski definition) is 4. The Labute approximate surface area is 181 Å². The minimum Gasteiger partial charge on any atom is -0.494 e. The van der Waals surface area contributed by atoms with Gasteiger partial charge in [0.05, 0.1) is 25.1 Å². The monoisotopic (exact) mass is 431 g/mol. The largest absolute Gasteiger partial charge is 0.494 e. The van der Waals surface area contributed by atoms with Crippen molar-refractivity contribution in [2.24, 2.45) is 5.73 Å². The maximum atomic E-state index is 11.5. The Kier molecular flexibility index (Phi) is 7.53. The number of benzene rings is 1. The van der Waals surface area contributed by atoms with E-state index in [1.165, 1.54) is 11.1 Å². The Morgan fingerprint density at radius 3 is 2.43 bits per heavy atom. The number of primary amides is 1. The normalized spacial score (nSPS) is 14.4. The van der Waals surface area contributed by atoms with E-state index in [-0.39, 0.29) is 22.9 Å². The summed E-state index contributed by atoms with van der Waals surface area (Å²) in [6.07, 6.45) is 4.02. The molecule has 0 spiro atoms. The van der Waals surface area contributed by atoms with Crippen LogP contribution in [0.15, 0.2) is 30.7 Å². The predicted octanol–water partition coefficient (Wildman–Crippen LogP) is 5.02. The highest BCUT2D eigenvalue weighted by atomic mass is 28.4. The van der Waals surface area contributed by atoms with E-state index in [1.807, 2.05) is 10.6 Å². The third-order valence-electron chi connectivity index (χ3n) is 6.23. The summed E-state index contributed by atoms with van der Waals surface area (Å²) in [4.78, 5) is 15.7. The summed E-state index contributed by atoms with van der Waals surface area (Å²) in [7, 11) is -1.96. The molecular formula is C23H37N3O3Si. The Morgan fingerprint density at radius 1 is 1.23 bits per heavy atom. The van der Waals surface area contributed by atoms with Crippen molar-refractivity contribution in [2.75, 3.05) is 6.61 Å². The smallest absolute Gasteiger partial charge is 0.268 e. The summed E-state index contributed by atoms with van der Waals surface area (Å²) in [5.74, 6) is 0.329. The molecule has 6 nitrogen and oxygen atoms in total. The lowest BCUT2D eigenvalue weighted by Gasteiger charge is -2.40. The van der Waals surface area contributed by atoms with Crippen LogP contribution in [0.25, 0.3) is 0 Å². The summed E-state index contributed by atoms with van der Waals surface area (Å²) in [6, 6.07) is 6.10. The second-order valence-electron chi connectivity index (χ2n) is 9.60. The van der Waals surface area contributed by atoms with Crippen LogP contribution in [0, 0.1) is 13.8 Å². The van der Waals surface area contributed by atoms with Crippen molar-refractivity contribution in [1.29, 1.82) is 0 Å². The van der Waals surface area contributed by atoms with E-state index in [1.54, 1.807) is 12.5 Å². The van der Waals surface area contributed by atoms with Gasteiger partial charge in [0, 0.05) is 12.6 Å². The molecule has 2 rings (SSSR count). The van der Waals surface area contributed by atoms with E-state index in [4.69, 9.17) is 14.9 Å². The molecule has 0 fully saturated rings. The average molecular weight is 432 g/mol. The van der Waals surface area contributed by atoms with Crippen LogP contribution in [-0.2, 0) is 4.43 Å². The van der Waals surface area contributed by atoms with Gasteiger partial charge >= 0.3 is 0 Å². The highest BCUT2D eigenvalue weighted by Gasteiger charge is 2.40. The third-order valence-corrected chi connectivity index (χ3v) is 10.8. The molecule has 2 N–H and O–H groups in total. The fourth-order valence-electron chi connectivity index (χ4n) is 3.09. The summed E-state index contributed by atoms with van der Waals surface area (Å²) >= 11 is 0. The molecule has 0 aliphatic carbocycles. The van der Waals surface area contributed by atoms with E-state index in [2.05, 4.69) is 71.8 Å². The highest BCUT2D eigenvalue weighted by Crippen LogP contribution is 2.38. The molecule has 0 aliphatic heterocycles. The number of imidazole rings is 1. The summed E-state index contributed by atoms with van der Waals surface area (Å²) in [5, 5.41) is 0.106. The molecule has 2 unspecified atom stereocenters. The van der Waals surface area contributed by atoms with Crippen molar-refractivity contribution >= 4 is 14.2 Å². The number of rotatable bonds is 9. The van der Waals surface area contributed by atoms with Crippen molar-refractivity contribution in [3.8, 4) is 5.75 Å². The molecule has 0 bridgehead atoms. The molecule has 1 aromatic heterocycles. The van der Waals surface area contributed by atoms with Gasteiger partial charge < -0.3 is 19.5 Å². The predicted molar refractivity (Wildman–Crippen MR) is 124 cm³/mol. The molecule has 0 saturated heterocycles. The summed E-state index contributed by atoms with van der Waals surface area (Å²) in [5.41, 5.74) is 8.11. The van der Waals surface area contributed by atoms with Crippen molar-refractivity contribution < 1.29 is 14.0 Å². The molecule has 2 aromatic rings. The van der Waals surface area contributed by atoms with E-state index in [0.717, 1.165) is 12.2 Å². The van der Waals surface area contributed by atoms with E-state index in [0.29, 0.717) is 6.61 Å². The Balaban J connectivity index is 2.17. The maximum absolute atomic E-state index is 11.5. The van der Waals surface area contributed by atoms with Crippen LogP contribution >= 0.6 is 0 Å². The standard InChI is InChI=1S/C23H37N3O3Si/c1-16-9-10-19(13-17(16)2)28-12-11-21(26-14-20(22(24)27)25-15-26)18(3)29-30(7,8)23(4,5)6/h9-10,13-15,18,21H,11-12H2,1-8H3,(H2,24,27). The van der Waals surface area contributed by atoms with Gasteiger partial charge in [0.2, 0.25) is 0 Å². The first-order chi connectivity index (χ1) is 13.8. The first kappa shape index (κ1) is 24.1. The number of carbonyl (C=O) groups excluding carboxylic acids is 1. The fourth-order valence-corrected chi connectivity index (χ4v) is 4.53. The van der Waals surface area contributed by atoms with Crippen LogP contribution in [0.1, 0.15) is 61.8 Å². The highest BCUT2D eigenvalue weighted by molar-refractivity contribution is 6.74. The van der Waals surface area contributed by atoms with Gasteiger partial charge in [-0.2, -0.15) is 0 Å². The number of aromatic nitrogens is 2. The first-order valence-electron chi connectivity index (χ1n) is 10.5. The average Bonchev–Trinajstić information content (AvgIpc) is 3.10. The molecular weight excluding hydrogens is 394 g/mol. The number of nitrogens with zero attached hydrogens (tertiary/aromatic N) is 2. The van der Waals surface area contributed by atoms with Crippen molar-refractivity contribution in [1.82, 2.24) is 9.55 Å². The molecule has 0 radical (unpaired) electrons. The van der Waals surface area contributed by atoms with Crippen molar-refractivity contribution in [3.05, 3.63) is 47.5 Å². The zero-order valence-corrected chi connectivity index (χ0v) is 20.7. The van der Waals surface area contributed by atoms with Gasteiger partial charge in [0.1, 0.15) is 11.4 Å². The quantitative estimate of drug-likeness (QED) is 0.565. The Hall–Kier alpha value is -2.12. The Bertz CT molecular complexity index is 871. The van der Waals surface area contributed by atoms with Gasteiger partial charge in [0.15, 0.2) is 8.32 Å². The van der Waals surface area contributed by atoms with Gasteiger partial charge in [0.25, 0.3) is 5.91 Å². The second kappa shape index (κ2) is 9.35. The number of aryl methyl sites for hydroxylation is 2. The van der Waals surface area contributed by atoms with Gasteiger partial charge in [-0.1, -0.05) is 26.8 Å². The number of hydrogen-bond donors (Lipinski definition) is 1. The van der Waals surface area contributed by atoms with Crippen LogP contribution < -0.4 is 10.5 Å². The summed E-state index contributed by atoms with van der Waals surface area (Å²) < 4.78 is 14.6. The third kappa shape index (κ3) is 5.95. The number of ether oxygens (including phenoxy) is 1. The SMILES string of the molecule is Cc1ccc(OCCC(C(C)O[Si](C)(C)C(C)(C)C)n2cnc(C(N)=O)c2)cc1C. The zero-order chi connectivity index (χ0) is 22.7. The zero-order valence-electron chi connectivity index (χ0n) is 19.7. The molecule has 166 valence electrons. The van der Waals surface area contributed by atoms with Crippen LogP contribution in [0.4, 0.5) is 0 Å². The molecule has 0 saturated carbocycles. The molecule has 30 heavy (non-hydrogen) atoms. The second-order valence-corrected chi connectivity index (χ2v) is 14.4. The summed E-state index contributed by atoms with van der Waals surface area (Å²) in [6.45, 7) is 18.0. The lowest BCUT2D eigenvalue weighted by molar-refractivity contribution is 0.0994. The van der Waals surface area contributed by atoms with Gasteiger partial charge in [-0.05, 0) is 62.2 Å². The van der Waals surface area contributed by atoms with Gasteiger partial charge in [-0.15, -0.1) is 0 Å². The van der Waals surface area contributed by atoms with Gasteiger partial charge in [-0.25, -0.2) is 4.98 Å². The molecule has 1 heterocycles. The molecule has 0 aliphatic rings. The molecule has 1 aromatic carbocycles. The number of carbonyl (C=O) groups is 1. The molecule has 2 atom stereocenters. The topological polar surface area (TPSA) is 79.4 Å².